The Hall–Kier alpha value is -1.58. The highest BCUT2D eigenvalue weighted by molar-refractivity contribution is 5.88. The van der Waals surface area contributed by atoms with Gasteiger partial charge >= 0.3 is 5.97 Å². The predicted octanol–water partition coefficient (Wildman–Crippen LogP) is 2.78. The maximum absolute atomic E-state index is 14.6. The molecule has 60 heavy (non-hydrogen) atoms. The molecular formula is C43H81N3O14. The van der Waals surface area contributed by atoms with Crippen molar-refractivity contribution in [3.05, 3.63) is 0 Å². The van der Waals surface area contributed by atoms with Crippen LogP contribution >= 0.6 is 0 Å². The smallest absolute Gasteiger partial charge is 0.311 e. The molecule has 0 aromatic heterocycles. The lowest BCUT2D eigenvalue weighted by atomic mass is 9.73. The van der Waals surface area contributed by atoms with Gasteiger partial charge in [0.25, 0.3) is 0 Å². The summed E-state index contributed by atoms with van der Waals surface area (Å²) in [6.07, 6.45) is -8.52. The molecule has 0 amide bonds. The quantitative estimate of drug-likeness (QED) is 0.0860. The molecule has 0 spiro atoms. The largest absolute Gasteiger partial charge is 0.459 e. The molecule has 3 saturated heterocycles. The molecular weight excluding hydrogens is 782 g/mol. The van der Waals surface area contributed by atoms with Crippen molar-refractivity contribution in [1.29, 1.82) is 0 Å². The zero-order valence-electron chi connectivity index (χ0n) is 39.3. The molecule has 3 aliphatic heterocycles. The molecule has 3 heterocycles. The van der Waals surface area contributed by atoms with E-state index in [9.17, 15) is 25.2 Å². The van der Waals surface area contributed by atoms with E-state index < -0.39 is 102 Å². The van der Waals surface area contributed by atoms with Crippen molar-refractivity contribution < 1.29 is 68.0 Å². The third kappa shape index (κ3) is 12.8. The van der Waals surface area contributed by atoms with Gasteiger partial charge in [0.05, 0.1) is 53.9 Å². The Balaban J connectivity index is 2.24. The van der Waals surface area contributed by atoms with Crippen LogP contribution in [0.2, 0.25) is 0 Å². The van der Waals surface area contributed by atoms with Gasteiger partial charge in [-0.2, -0.15) is 0 Å². The Labute approximate surface area is 359 Å². The average Bonchev–Trinajstić information content (AvgIpc) is 3.16. The van der Waals surface area contributed by atoms with Gasteiger partial charge in [-0.15, -0.1) is 0 Å². The second kappa shape index (κ2) is 22.4. The van der Waals surface area contributed by atoms with Gasteiger partial charge in [0.1, 0.15) is 43.9 Å². The first-order chi connectivity index (χ1) is 27.9. The minimum Gasteiger partial charge on any atom is -0.459 e. The van der Waals surface area contributed by atoms with Crippen LogP contribution in [0.15, 0.2) is 5.16 Å². The van der Waals surface area contributed by atoms with E-state index in [1.165, 1.54) is 14.2 Å². The van der Waals surface area contributed by atoms with Crippen LogP contribution in [-0.2, 0) is 47.5 Å². The Bertz CT molecular complexity index is 1350. The van der Waals surface area contributed by atoms with Crippen molar-refractivity contribution in [1.82, 2.24) is 9.80 Å². The first-order valence-electron chi connectivity index (χ1n) is 21.7. The summed E-state index contributed by atoms with van der Waals surface area (Å²) in [6.45, 7) is 18.5. The number of ether oxygens (including phenoxy) is 8. The topological polar surface area (TPSA) is 200 Å². The number of aliphatic hydroxyl groups is 4. The Morgan fingerprint density at radius 2 is 1.55 bits per heavy atom. The van der Waals surface area contributed by atoms with Crippen molar-refractivity contribution in [3.63, 3.8) is 0 Å². The first kappa shape index (κ1) is 52.8. The molecule has 3 aliphatic rings. The van der Waals surface area contributed by atoms with Crippen molar-refractivity contribution in [2.24, 2.45) is 28.8 Å². The summed E-state index contributed by atoms with van der Waals surface area (Å²) in [5.41, 5.74) is -4.07. The minimum absolute atomic E-state index is 0.0475. The fraction of sp³-hybridized carbons (Fsp3) is 0.953. The number of esters is 1. The van der Waals surface area contributed by atoms with E-state index in [0.29, 0.717) is 25.3 Å². The van der Waals surface area contributed by atoms with Gasteiger partial charge in [-0.25, -0.2) is 0 Å². The zero-order chi connectivity index (χ0) is 45.5. The summed E-state index contributed by atoms with van der Waals surface area (Å²) in [7, 11) is 10.6. The lowest BCUT2D eigenvalue weighted by Crippen LogP contribution is -2.61. The second-order valence-corrected chi connectivity index (χ2v) is 18.7. The standard InChI is InChI=1S/C43H81N3O14/c1-17-31-43(10,51)38(55-23-54-19-18-45(11)12)26(4)33(44-53-16)24(2)21-41(8,50)37(60-40-34(47)30(46(13)14)20-25(3)56-40)27(5)35(28(6)39(49)58-31)59-32-22-42(9,52-15)36(48)29(7)57-32/h24-32,34-38,40,47-48,50-51H,17-23H2,1-16H3/b44-33+/t24-,25-,26+,27+,28-,29+,30+,31?,32+,34-,35?,36+,37-,38-,40+,41-,42-,43-/m1/s1. The first-order valence-corrected chi connectivity index (χ1v) is 21.7. The third-order valence-electron chi connectivity index (χ3n) is 13.0. The van der Waals surface area contributed by atoms with E-state index in [2.05, 4.69) is 5.16 Å². The summed E-state index contributed by atoms with van der Waals surface area (Å²) < 4.78 is 50.3. The number of carbonyl (C=O) groups is 1. The summed E-state index contributed by atoms with van der Waals surface area (Å²) in [5, 5.41) is 52.5. The van der Waals surface area contributed by atoms with E-state index in [4.69, 9.17) is 42.7 Å². The molecule has 4 N–H and O–H groups in total. The molecule has 3 fully saturated rings. The van der Waals surface area contributed by atoms with E-state index in [1.807, 2.05) is 72.6 Å². The fourth-order valence-electron chi connectivity index (χ4n) is 9.43. The lowest BCUT2D eigenvalue weighted by molar-refractivity contribution is -0.318. The van der Waals surface area contributed by atoms with Crippen LogP contribution in [0.5, 0.6) is 0 Å². The normalized spacial score (nSPS) is 44.8. The van der Waals surface area contributed by atoms with E-state index >= 15 is 0 Å². The second-order valence-electron chi connectivity index (χ2n) is 18.7. The van der Waals surface area contributed by atoms with Crippen molar-refractivity contribution in [3.8, 4) is 0 Å². The van der Waals surface area contributed by atoms with Crippen LogP contribution in [0.4, 0.5) is 0 Å². The van der Waals surface area contributed by atoms with E-state index in [0.717, 1.165) is 0 Å². The van der Waals surface area contributed by atoms with Crippen molar-refractivity contribution in [2.45, 2.75) is 179 Å². The molecule has 17 heteroatoms. The number of rotatable bonds is 14. The predicted molar refractivity (Wildman–Crippen MR) is 224 cm³/mol. The number of cyclic esters (lactones) is 1. The Morgan fingerprint density at radius 1 is 0.900 bits per heavy atom. The molecule has 0 aromatic carbocycles. The SMILES string of the molecule is CCC1OC(=O)[C@H](C)C(O[C@H]2C[C@@](C)(OC)[C@@H](O)[C@H](C)O2)[C@H](C)[C@@H](O[C@@H]2O[C@H](C)C[C@H](N(C)C)[C@H]2O)[C@](C)(O)C[C@@H](C)/C(=N\OC)[C@H](C)[C@@H](OCOCCN(C)C)[C@]1(C)O. The molecule has 2 unspecified atom stereocenters. The molecule has 352 valence electrons. The van der Waals surface area contributed by atoms with Crippen molar-refractivity contribution in [2.75, 3.05) is 62.4 Å². The number of likely N-dealkylation sites (N-methyl/N-ethyl adjacent to an activating group) is 2. The number of hydrogen-bond acceptors (Lipinski definition) is 17. The van der Waals surface area contributed by atoms with Gasteiger partial charge in [-0.3, -0.25) is 4.79 Å². The molecule has 0 bridgehead atoms. The maximum atomic E-state index is 14.6. The Morgan fingerprint density at radius 3 is 2.12 bits per heavy atom. The highest BCUT2D eigenvalue weighted by atomic mass is 16.7. The summed E-state index contributed by atoms with van der Waals surface area (Å²) in [5.74, 6) is -3.68. The third-order valence-corrected chi connectivity index (χ3v) is 13.0. The monoisotopic (exact) mass is 864 g/mol. The molecule has 0 aliphatic carbocycles. The zero-order valence-corrected chi connectivity index (χ0v) is 39.3. The summed E-state index contributed by atoms with van der Waals surface area (Å²) in [4.78, 5) is 23.9. The molecule has 0 saturated carbocycles. The Kier molecular flexibility index (Phi) is 19.7. The molecule has 0 aromatic rings. The number of methoxy groups -OCH3 is 1. The van der Waals surface area contributed by atoms with Crippen LogP contribution < -0.4 is 0 Å². The van der Waals surface area contributed by atoms with Gasteiger partial charge in [0.2, 0.25) is 0 Å². The molecule has 0 radical (unpaired) electrons. The van der Waals surface area contributed by atoms with Crippen molar-refractivity contribution >= 4 is 11.7 Å². The highest BCUT2D eigenvalue weighted by Gasteiger charge is 2.54. The van der Waals surface area contributed by atoms with Gasteiger partial charge in [-0.05, 0) is 89.0 Å². The van der Waals surface area contributed by atoms with E-state index in [-0.39, 0.29) is 38.2 Å². The van der Waals surface area contributed by atoms with Gasteiger partial charge < -0.3 is 73.0 Å². The molecule has 17 nitrogen and oxygen atoms in total. The van der Waals surface area contributed by atoms with Gasteiger partial charge in [0, 0.05) is 43.9 Å². The van der Waals surface area contributed by atoms with Crippen LogP contribution in [0.1, 0.15) is 94.9 Å². The molecule has 3 rings (SSSR count). The van der Waals surface area contributed by atoms with E-state index in [1.54, 1.807) is 34.6 Å². The lowest BCUT2D eigenvalue weighted by Gasteiger charge is -2.49. The number of oxime groups is 1. The fourth-order valence-corrected chi connectivity index (χ4v) is 9.43. The van der Waals surface area contributed by atoms with Crippen LogP contribution in [0.3, 0.4) is 0 Å². The van der Waals surface area contributed by atoms with Crippen LogP contribution in [-0.4, -0.2) is 189 Å². The highest BCUT2D eigenvalue weighted by Crippen LogP contribution is 2.41. The number of carbonyl (C=O) groups excluding carboxylic acids is 1. The summed E-state index contributed by atoms with van der Waals surface area (Å²) in [6, 6.07) is -0.309. The number of aliphatic hydroxyl groups excluding tert-OH is 2. The van der Waals surface area contributed by atoms with Gasteiger partial charge in [-0.1, -0.05) is 32.9 Å². The van der Waals surface area contributed by atoms with Crippen LogP contribution in [0.25, 0.3) is 0 Å². The summed E-state index contributed by atoms with van der Waals surface area (Å²) >= 11 is 0. The number of hydrogen-bond donors (Lipinski definition) is 4. The number of nitrogens with zero attached hydrogens (tertiary/aromatic N) is 3. The minimum atomic E-state index is -1.78. The maximum Gasteiger partial charge on any atom is 0.311 e. The average molecular weight is 864 g/mol. The molecule has 18 atom stereocenters. The van der Waals surface area contributed by atoms with Gasteiger partial charge in [0.15, 0.2) is 12.6 Å². The van der Waals surface area contributed by atoms with Crippen LogP contribution in [0, 0.1) is 23.7 Å².